The molecule has 0 atom stereocenters. The van der Waals surface area contributed by atoms with Gasteiger partial charge in [-0.25, -0.2) is 4.98 Å². The highest BCUT2D eigenvalue weighted by molar-refractivity contribution is 5.68. The molecule has 0 spiro atoms. The quantitative estimate of drug-likeness (QED) is 0.243. The zero-order chi connectivity index (χ0) is 25.5. The lowest BCUT2D eigenvalue weighted by atomic mass is 9.82. The van der Waals surface area contributed by atoms with E-state index in [9.17, 15) is 15.2 Å². The number of aromatic nitrogens is 3. The first kappa shape index (κ1) is 25.5. The Hall–Kier alpha value is -3.63. The second kappa shape index (κ2) is 11.9. The topological polar surface area (TPSA) is 152 Å². The molecular formula is C26H33N7O3. The molecule has 0 bridgehead atoms. The Morgan fingerprint density at radius 2 is 1.92 bits per heavy atom. The van der Waals surface area contributed by atoms with Gasteiger partial charge in [-0.3, -0.25) is 15.1 Å². The molecule has 1 aliphatic rings. The predicted molar refractivity (Wildman–Crippen MR) is 139 cm³/mol. The number of hydrogen-bond acceptors (Lipinski definition) is 9. The van der Waals surface area contributed by atoms with Gasteiger partial charge in [-0.15, -0.1) is 0 Å². The summed E-state index contributed by atoms with van der Waals surface area (Å²) < 4.78 is 0. The lowest BCUT2D eigenvalue weighted by Crippen LogP contribution is -2.23. The van der Waals surface area contributed by atoms with E-state index in [-0.39, 0.29) is 18.1 Å². The third kappa shape index (κ3) is 6.13. The first-order valence-corrected chi connectivity index (χ1v) is 12.3. The SMILES string of the molecule is Cc1c(CNc2ncc([N+](=O)[O-])c(NCC3CCC(CO)CC3)n2)cccc1-c1cncc(CN)c1. The second-order valence-corrected chi connectivity index (χ2v) is 9.36. The maximum Gasteiger partial charge on any atom is 0.329 e. The van der Waals surface area contributed by atoms with Crippen molar-refractivity contribution >= 4 is 17.5 Å². The van der Waals surface area contributed by atoms with E-state index >= 15 is 0 Å². The van der Waals surface area contributed by atoms with Gasteiger partial charge in [-0.1, -0.05) is 18.2 Å². The van der Waals surface area contributed by atoms with Crippen molar-refractivity contribution in [3.05, 3.63) is 69.7 Å². The molecule has 5 N–H and O–H groups in total. The number of hydrogen-bond donors (Lipinski definition) is 4. The van der Waals surface area contributed by atoms with Crippen LogP contribution in [-0.4, -0.2) is 38.1 Å². The van der Waals surface area contributed by atoms with Gasteiger partial charge in [0, 0.05) is 44.2 Å². The minimum absolute atomic E-state index is 0.143. The number of anilines is 2. The van der Waals surface area contributed by atoms with Gasteiger partial charge in [-0.05, 0) is 72.8 Å². The van der Waals surface area contributed by atoms with Gasteiger partial charge in [0.25, 0.3) is 0 Å². The summed E-state index contributed by atoms with van der Waals surface area (Å²) in [4.78, 5) is 24.0. The highest BCUT2D eigenvalue weighted by atomic mass is 16.6. The third-order valence-electron chi connectivity index (χ3n) is 6.97. The third-order valence-corrected chi connectivity index (χ3v) is 6.97. The zero-order valence-electron chi connectivity index (χ0n) is 20.5. The predicted octanol–water partition coefficient (Wildman–Crippen LogP) is 4.04. The average molecular weight is 492 g/mol. The molecule has 2 aromatic heterocycles. The molecule has 1 fully saturated rings. The molecule has 0 amide bonds. The van der Waals surface area contributed by atoms with Crippen LogP contribution in [-0.2, 0) is 13.1 Å². The van der Waals surface area contributed by atoms with Gasteiger partial charge in [0.1, 0.15) is 6.20 Å². The van der Waals surface area contributed by atoms with Crippen molar-refractivity contribution in [3.8, 4) is 11.1 Å². The Labute approximate surface area is 210 Å². The van der Waals surface area contributed by atoms with E-state index in [0.717, 1.165) is 53.5 Å². The largest absolute Gasteiger partial charge is 0.396 e. The van der Waals surface area contributed by atoms with Crippen LogP contribution in [0.25, 0.3) is 11.1 Å². The molecule has 10 nitrogen and oxygen atoms in total. The van der Waals surface area contributed by atoms with E-state index < -0.39 is 4.92 Å². The van der Waals surface area contributed by atoms with E-state index in [0.29, 0.717) is 37.4 Å². The normalized spacial score (nSPS) is 17.5. The van der Waals surface area contributed by atoms with Crippen LogP contribution in [0.2, 0.25) is 0 Å². The van der Waals surface area contributed by atoms with Gasteiger partial charge in [-0.2, -0.15) is 4.98 Å². The van der Waals surface area contributed by atoms with Crippen molar-refractivity contribution in [2.45, 2.75) is 45.7 Å². The standard InChI is InChI=1S/C26H33N7O3/c1-17-21(3-2-4-23(17)22-9-20(10-27)11-28-13-22)14-30-26-31-15-24(33(35)36)25(32-26)29-12-18-5-7-19(16-34)8-6-18/h2-4,9,11,13,15,18-19,34H,5-8,10,12,14,16,27H2,1H3,(H2,29,30,31,32). The molecule has 0 radical (unpaired) electrons. The highest BCUT2D eigenvalue weighted by Gasteiger charge is 2.23. The summed E-state index contributed by atoms with van der Waals surface area (Å²) in [7, 11) is 0. The van der Waals surface area contributed by atoms with Crippen molar-refractivity contribution in [3.63, 3.8) is 0 Å². The second-order valence-electron chi connectivity index (χ2n) is 9.36. The molecule has 2 heterocycles. The number of nitrogens with one attached hydrogen (secondary N) is 2. The van der Waals surface area contributed by atoms with E-state index in [4.69, 9.17) is 5.73 Å². The lowest BCUT2D eigenvalue weighted by Gasteiger charge is -2.27. The van der Waals surface area contributed by atoms with Crippen LogP contribution in [0.3, 0.4) is 0 Å². The fourth-order valence-electron chi connectivity index (χ4n) is 4.69. The Balaban J connectivity index is 1.45. The molecular weight excluding hydrogens is 458 g/mol. The highest BCUT2D eigenvalue weighted by Crippen LogP contribution is 2.30. The molecule has 3 aromatic rings. The molecule has 36 heavy (non-hydrogen) atoms. The summed E-state index contributed by atoms with van der Waals surface area (Å²) >= 11 is 0. The number of aliphatic hydroxyl groups is 1. The molecule has 190 valence electrons. The van der Waals surface area contributed by atoms with Crippen LogP contribution < -0.4 is 16.4 Å². The molecule has 0 unspecified atom stereocenters. The monoisotopic (exact) mass is 491 g/mol. The lowest BCUT2D eigenvalue weighted by molar-refractivity contribution is -0.384. The van der Waals surface area contributed by atoms with Gasteiger partial charge in [0.15, 0.2) is 0 Å². The number of pyridine rings is 1. The first-order chi connectivity index (χ1) is 17.5. The molecule has 4 rings (SSSR count). The maximum absolute atomic E-state index is 11.5. The Morgan fingerprint density at radius 1 is 1.14 bits per heavy atom. The van der Waals surface area contributed by atoms with Crippen molar-refractivity contribution in [1.82, 2.24) is 15.0 Å². The van der Waals surface area contributed by atoms with Crippen molar-refractivity contribution in [2.24, 2.45) is 17.6 Å². The fraction of sp³-hybridized carbons (Fsp3) is 0.423. The maximum atomic E-state index is 11.5. The molecule has 0 aliphatic heterocycles. The van der Waals surface area contributed by atoms with Crippen molar-refractivity contribution in [2.75, 3.05) is 23.8 Å². The first-order valence-electron chi connectivity index (χ1n) is 12.3. The minimum Gasteiger partial charge on any atom is -0.396 e. The Morgan fingerprint density at radius 3 is 2.64 bits per heavy atom. The van der Waals surface area contributed by atoms with E-state index in [1.165, 1.54) is 6.20 Å². The van der Waals surface area contributed by atoms with E-state index in [1.54, 1.807) is 6.20 Å². The summed E-state index contributed by atoms with van der Waals surface area (Å²) in [6.07, 6.45) is 8.77. The van der Waals surface area contributed by atoms with Gasteiger partial charge in [0.2, 0.25) is 11.8 Å². The number of nitrogens with zero attached hydrogens (tertiary/aromatic N) is 4. The summed E-state index contributed by atoms with van der Waals surface area (Å²) in [6, 6.07) is 8.11. The van der Waals surface area contributed by atoms with E-state index in [2.05, 4.69) is 38.6 Å². The molecule has 10 heteroatoms. The summed E-state index contributed by atoms with van der Waals surface area (Å²) in [5, 5.41) is 27.3. The van der Waals surface area contributed by atoms with Crippen LogP contribution in [0.1, 0.15) is 42.4 Å². The molecule has 0 saturated heterocycles. The summed E-state index contributed by atoms with van der Waals surface area (Å²) in [6.45, 7) is 3.78. The van der Waals surface area contributed by atoms with Crippen molar-refractivity contribution in [1.29, 1.82) is 0 Å². The van der Waals surface area contributed by atoms with Crippen LogP contribution >= 0.6 is 0 Å². The number of nitro groups is 1. The van der Waals surface area contributed by atoms with Crippen LogP contribution in [0.5, 0.6) is 0 Å². The number of aliphatic hydroxyl groups excluding tert-OH is 1. The number of benzene rings is 1. The Kier molecular flexibility index (Phi) is 8.40. The minimum atomic E-state index is -0.466. The van der Waals surface area contributed by atoms with Gasteiger partial charge < -0.3 is 21.5 Å². The van der Waals surface area contributed by atoms with Crippen LogP contribution in [0.15, 0.2) is 42.9 Å². The van der Waals surface area contributed by atoms with Crippen molar-refractivity contribution < 1.29 is 10.0 Å². The van der Waals surface area contributed by atoms with Crippen LogP contribution in [0.4, 0.5) is 17.5 Å². The molecule has 1 aromatic carbocycles. The zero-order valence-corrected chi connectivity index (χ0v) is 20.5. The summed E-state index contributed by atoms with van der Waals surface area (Å²) in [5.74, 6) is 1.31. The fourth-order valence-corrected chi connectivity index (χ4v) is 4.69. The number of rotatable bonds is 10. The molecule has 1 saturated carbocycles. The van der Waals surface area contributed by atoms with E-state index in [1.807, 2.05) is 24.4 Å². The number of nitrogens with two attached hydrogens (primary N) is 1. The van der Waals surface area contributed by atoms with Gasteiger partial charge in [0.05, 0.1) is 4.92 Å². The van der Waals surface area contributed by atoms with Gasteiger partial charge >= 0.3 is 5.69 Å². The van der Waals surface area contributed by atoms with Crippen LogP contribution in [0, 0.1) is 28.9 Å². The molecule has 1 aliphatic carbocycles. The Bertz CT molecular complexity index is 1200. The average Bonchev–Trinajstić information content (AvgIpc) is 2.91. The summed E-state index contributed by atoms with van der Waals surface area (Å²) in [5.41, 5.74) is 10.8. The smallest absolute Gasteiger partial charge is 0.329 e.